The predicted molar refractivity (Wildman–Crippen MR) is 88.4 cm³/mol. The first-order valence-electron chi connectivity index (χ1n) is 7.61. The molecule has 0 aliphatic rings. The molecule has 122 valence electrons. The van der Waals surface area contributed by atoms with Crippen LogP contribution in [0, 0.1) is 6.92 Å². The summed E-state index contributed by atoms with van der Waals surface area (Å²) in [4.78, 5) is 20.6. The number of rotatable bonds is 6. The zero-order valence-corrected chi connectivity index (χ0v) is 13.6. The molecule has 0 aliphatic heterocycles. The molecule has 2 rings (SSSR count). The summed E-state index contributed by atoms with van der Waals surface area (Å²) >= 11 is 0. The first-order valence-corrected chi connectivity index (χ1v) is 7.61. The minimum atomic E-state index is -0.458. The normalized spacial score (nSPS) is 10.4. The van der Waals surface area contributed by atoms with E-state index in [0.29, 0.717) is 29.3 Å². The van der Waals surface area contributed by atoms with Crippen LogP contribution in [-0.4, -0.2) is 29.2 Å². The molecule has 0 spiro atoms. The number of carbonyl (C=O) groups is 1. The fourth-order valence-electron chi connectivity index (χ4n) is 2.20. The number of hydrogen-bond donors (Lipinski definition) is 1. The summed E-state index contributed by atoms with van der Waals surface area (Å²) in [5.41, 5.74) is 7.76. The van der Waals surface area contributed by atoms with Crippen molar-refractivity contribution >= 4 is 11.9 Å². The third-order valence-corrected chi connectivity index (χ3v) is 3.17. The first-order chi connectivity index (χ1) is 11.1. The Morgan fingerprint density at radius 3 is 2.74 bits per heavy atom. The van der Waals surface area contributed by atoms with Gasteiger partial charge in [-0.25, -0.2) is 14.8 Å². The number of esters is 1. The van der Waals surface area contributed by atoms with Crippen molar-refractivity contribution in [1.29, 1.82) is 0 Å². The number of ether oxygens (including phenoxy) is 2. The van der Waals surface area contributed by atoms with E-state index in [1.165, 1.54) is 0 Å². The molecule has 0 aliphatic carbocycles. The van der Waals surface area contributed by atoms with Gasteiger partial charge in [0.2, 0.25) is 5.95 Å². The average Bonchev–Trinajstić information content (AvgIpc) is 2.52. The van der Waals surface area contributed by atoms with Crippen LogP contribution in [0.5, 0.6) is 5.75 Å². The van der Waals surface area contributed by atoms with Crippen molar-refractivity contribution in [2.75, 3.05) is 18.9 Å². The smallest absolute Gasteiger partial charge is 0.342 e. The van der Waals surface area contributed by atoms with E-state index in [1.54, 1.807) is 13.8 Å². The fourth-order valence-corrected chi connectivity index (χ4v) is 2.20. The molecule has 2 N–H and O–H groups in total. The Morgan fingerprint density at radius 2 is 2.04 bits per heavy atom. The lowest BCUT2D eigenvalue weighted by Crippen LogP contribution is -2.13. The predicted octanol–water partition coefficient (Wildman–Crippen LogP) is 3.00. The molecule has 23 heavy (non-hydrogen) atoms. The Bertz CT molecular complexity index is 701. The maximum atomic E-state index is 12.3. The third kappa shape index (κ3) is 3.97. The number of aryl methyl sites for hydroxylation is 1. The number of nitrogen functional groups attached to an aromatic ring is 1. The number of aromatic nitrogens is 2. The SMILES string of the molecule is CCCOc1cccc(-c2nc(N)nc(C)c2C(=O)OCC)c1. The first kappa shape index (κ1) is 16.7. The summed E-state index contributed by atoms with van der Waals surface area (Å²) in [6.07, 6.45) is 0.915. The van der Waals surface area contributed by atoms with Crippen molar-refractivity contribution < 1.29 is 14.3 Å². The molecule has 1 aromatic carbocycles. The second kappa shape index (κ2) is 7.58. The summed E-state index contributed by atoms with van der Waals surface area (Å²) < 4.78 is 10.7. The van der Waals surface area contributed by atoms with Crippen molar-refractivity contribution in [2.45, 2.75) is 27.2 Å². The molecule has 2 aromatic rings. The minimum absolute atomic E-state index is 0.116. The van der Waals surface area contributed by atoms with Gasteiger partial charge in [-0.15, -0.1) is 0 Å². The van der Waals surface area contributed by atoms with Crippen LogP contribution < -0.4 is 10.5 Å². The van der Waals surface area contributed by atoms with E-state index in [2.05, 4.69) is 9.97 Å². The number of carbonyl (C=O) groups excluding carboxylic acids is 1. The highest BCUT2D eigenvalue weighted by Crippen LogP contribution is 2.28. The van der Waals surface area contributed by atoms with Gasteiger partial charge in [-0.2, -0.15) is 0 Å². The maximum absolute atomic E-state index is 12.3. The summed E-state index contributed by atoms with van der Waals surface area (Å²) in [5, 5.41) is 0. The molecule has 0 unspecified atom stereocenters. The van der Waals surface area contributed by atoms with Gasteiger partial charge < -0.3 is 15.2 Å². The van der Waals surface area contributed by atoms with Gasteiger partial charge in [0, 0.05) is 5.56 Å². The van der Waals surface area contributed by atoms with Crippen LogP contribution in [-0.2, 0) is 4.74 Å². The van der Waals surface area contributed by atoms with Crippen LogP contribution in [0.25, 0.3) is 11.3 Å². The summed E-state index contributed by atoms with van der Waals surface area (Å²) in [6, 6.07) is 7.39. The number of nitrogens with two attached hydrogens (primary N) is 1. The number of nitrogens with zero attached hydrogens (tertiary/aromatic N) is 2. The van der Waals surface area contributed by atoms with Gasteiger partial charge in [0.05, 0.1) is 24.6 Å². The summed E-state index contributed by atoms with van der Waals surface area (Å²) in [7, 11) is 0. The molecule has 0 saturated carbocycles. The van der Waals surface area contributed by atoms with Gasteiger partial charge in [-0.1, -0.05) is 19.1 Å². The van der Waals surface area contributed by atoms with Gasteiger partial charge in [-0.3, -0.25) is 0 Å². The van der Waals surface area contributed by atoms with Crippen molar-refractivity contribution in [2.24, 2.45) is 0 Å². The van der Waals surface area contributed by atoms with E-state index in [9.17, 15) is 4.79 Å². The molecule has 0 fully saturated rings. The summed E-state index contributed by atoms with van der Waals surface area (Å²) in [5.74, 6) is 0.374. The van der Waals surface area contributed by atoms with Crippen molar-refractivity contribution in [3.05, 3.63) is 35.5 Å². The van der Waals surface area contributed by atoms with Crippen LogP contribution in [0.4, 0.5) is 5.95 Å². The molecule has 0 bridgehead atoms. The van der Waals surface area contributed by atoms with E-state index in [0.717, 1.165) is 12.0 Å². The van der Waals surface area contributed by atoms with Crippen LogP contribution in [0.3, 0.4) is 0 Å². The van der Waals surface area contributed by atoms with E-state index in [-0.39, 0.29) is 12.6 Å². The van der Waals surface area contributed by atoms with Crippen LogP contribution in [0.1, 0.15) is 36.3 Å². The highest BCUT2D eigenvalue weighted by Gasteiger charge is 2.20. The number of anilines is 1. The largest absolute Gasteiger partial charge is 0.494 e. The highest BCUT2D eigenvalue weighted by atomic mass is 16.5. The monoisotopic (exact) mass is 315 g/mol. The Hall–Kier alpha value is -2.63. The molecule has 0 radical (unpaired) electrons. The molecule has 1 heterocycles. The molecule has 0 amide bonds. The number of benzene rings is 1. The standard InChI is InChI=1S/C17H21N3O3/c1-4-9-23-13-8-6-7-12(10-13)15-14(16(21)22-5-2)11(3)19-17(18)20-15/h6-8,10H,4-5,9H2,1-3H3,(H2,18,19,20). The van der Waals surface area contributed by atoms with Gasteiger partial charge in [-0.05, 0) is 32.4 Å². The molecule has 0 saturated heterocycles. The number of hydrogen-bond acceptors (Lipinski definition) is 6. The average molecular weight is 315 g/mol. The Morgan fingerprint density at radius 1 is 1.26 bits per heavy atom. The molecular formula is C17H21N3O3. The lowest BCUT2D eigenvalue weighted by atomic mass is 10.0. The Kier molecular flexibility index (Phi) is 5.51. The zero-order chi connectivity index (χ0) is 16.8. The quantitative estimate of drug-likeness (QED) is 0.825. The minimum Gasteiger partial charge on any atom is -0.494 e. The van der Waals surface area contributed by atoms with Crippen LogP contribution in [0.15, 0.2) is 24.3 Å². The van der Waals surface area contributed by atoms with Crippen molar-refractivity contribution in [3.8, 4) is 17.0 Å². The molecular weight excluding hydrogens is 294 g/mol. The van der Waals surface area contributed by atoms with Gasteiger partial charge >= 0.3 is 5.97 Å². The van der Waals surface area contributed by atoms with E-state index >= 15 is 0 Å². The van der Waals surface area contributed by atoms with E-state index in [4.69, 9.17) is 15.2 Å². The van der Waals surface area contributed by atoms with Gasteiger partial charge in [0.15, 0.2) is 0 Å². The van der Waals surface area contributed by atoms with Crippen molar-refractivity contribution in [3.63, 3.8) is 0 Å². The molecule has 6 heteroatoms. The Balaban J connectivity index is 2.51. The van der Waals surface area contributed by atoms with E-state index < -0.39 is 5.97 Å². The van der Waals surface area contributed by atoms with Gasteiger partial charge in [0.1, 0.15) is 11.3 Å². The fraction of sp³-hybridized carbons (Fsp3) is 0.353. The topological polar surface area (TPSA) is 87.3 Å². The lowest BCUT2D eigenvalue weighted by molar-refractivity contribution is 0.0525. The second-order valence-corrected chi connectivity index (χ2v) is 4.99. The van der Waals surface area contributed by atoms with Crippen molar-refractivity contribution in [1.82, 2.24) is 9.97 Å². The summed E-state index contributed by atoms with van der Waals surface area (Å²) in [6.45, 7) is 6.41. The highest BCUT2D eigenvalue weighted by molar-refractivity contribution is 5.97. The maximum Gasteiger partial charge on any atom is 0.342 e. The zero-order valence-electron chi connectivity index (χ0n) is 13.6. The second-order valence-electron chi connectivity index (χ2n) is 4.99. The molecule has 0 atom stereocenters. The van der Waals surface area contributed by atoms with Gasteiger partial charge in [0.25, 0.3) is 0 Å². The molecule has 1 aromatic heterocycles. The van der Waals surface area contributed by atoms with E-state index in [1.807, 2.05) is 31.2 Å². The third-order valence-electron chi connectivity index (χ3n) is 3.17. The lowest BCUT2D eigenvalue weighted by Gasteiger charge is -2.12. The Labute approximate surface area is 135 Å². The van der Waals surface area contributed by atoms with Crippen LogP contribution >= 0.6 is 0 Å². The molecule has 6 nitrogen and oxygen atoms in total. The van der Waals surface area contributed by atoms with Crippen LogP contribution in [0.2, 0.25) is 0 Å².